The minimum absolute atomic E-state index is 0.538. The fourth-order valence-corrected chi connectivity index (χ4v) is 1.81. The third-order valence-electron chi connectivity index (χ3n) is 2.82. The summed E-state index contributed by atoms with van der Waals surface area (Å²) >= 11 is 0. The first-order valence-corrected chi connectivity index (χ1v) is 7.45. The Labute approximate surface area is 114 Å². The summed E-state index contributed by atoms with van der Waals surface area (Å²) in [7, 11) is 3.25. The van der Waals surface area contributed by atoms with Crippen molar-refractivity contribution in [3.05, 3.63) is 0 Å². The van der Waals surface area contributed by atoms with Crippen LogP contribution in [-0.2, 0) is 4.74 Å². The standard InChI is InChI=1S/C13H28O2.C2H6O/c1-2-3-4-5-6-7-8-9-10-11-12-13(14)15;1-3-2/h13-15H,2-12H2,1H3;1-2H3. The maximum atomic E-state index is 8.63. The number of aliphatic hydroxyl groups is 2. The third kappa shape index (κ3) is 24.9. The van der Waals surface area contributed by atoms with E-state index in [2.05, 4.69) is 11.7 Å². The quantitative estimate of drug-likeness (QED) is 0.439. The van der Waals surface area contributed by atoms with E-state index >= 15 is 0 Å². The first-order valence-electron chi connectivity index (χ1n) is 7.45. The minimum Gasteiger partial charge on any atom is -0.388 e. The summed E-state index contributed by atoms with van der Waals surface area (Å²) in [6.07, 6.45) is 12.3. The van der Waals surface area contributed by atoms with Gasteiger partial charge in [0.25, 0.3) is 0 Å². The Morgan fingerprint density at radius 3 is 1.39 bits per heavy atom. The molecule has 0 aliphatic heterocycles. The molecule has 0 radical (unpaired) electrons. The molecule has 0 rings (SSSR count). The van der Waals surface area contributed by atoms with E-state index in [4.69, 9.17) is 10.2 Å². The summed E-state index contributed by atoms with van der Waals surface area (Å²) in [6.45, 7) is 2.25. The van der Waals surface area contributed by atoms with Crippen LogP contribution in [0.5, 0.6) is 0 Å². The fraction of sp³-hybridized carbons (Fsp3) is 1.00. The smallest absolute Gasteiger partial charge is 0.151 e. The molecule has 0 atom stereocenters. The van der Waals surface area contributed by atoms with Gasteiger partial charge in [-0.2, -0.15) is 0 Å². The highest BCUT2D eigenvalue weighted by molar-refractivity contribution is 4.48. The van der Waals surface area contributed by atoms with Gasteiger partial charge in [-0.1, -0.05) is 64.7 Å². The molecule has 112 valence electrons. The molecule has 0 saturated heterocycles. The Morgan fingerprint density at radius 2 is 1.06 bits per heavy atom. The number of aliphatic hydroxyl groups excluding tert-OH is 1. The van der Waals surface area contributed by atoms with E-state index in [-0.39, 0.29) is 0 Å². The summed E-state index contributed by atoms with van der Waals surface area (Å²) in [5.74, 6) is 0. The molecule has 0 aliphatic carbocycles. The van der Waals surface area contributed by atoms with Crippen molar-refractivity contribution in [3.8, 4) is 0 Å². The Morgan fingerprint density at radius 1 is 0.722 bits per heavy atom. The molecule has 0 aromatic heterocycles. The zero-order chi connectivity index (χ0) is 14.1. The van der Waals surface area contributed by atoms with Crippen molar-refractivity contribution in [2.45, 2.75) is 83.8 Å². The molecule has 0 aromatic rings. The summed E-state index contributed by atoms with van der Waals surface area (Å²) in [5.41, 5.74) is 0. The van der Waals surface area contributed by atoms with Gasteiger partial charge in [0.1, 0.15) is 0 Å². The van der Waals surface area contributed by atoms with Gasteiger partial charge in [0.15, 0.2) is 6.29 Å². The molecule has 0 saturated carbocycles. The minimum atomic E-state index is -1.10. The van der Waals surface area contributed by atoms with Crippen LogP contribution in [0.2, 0.25) is 0 Å². The molecule has 3 heteroatoms. The van der Waals surface area contributed by atoms with Crippen LogP contribution in [0.3, 0.4) is 0 Å². The topological polar surface area (TPSA) is 49.7 Å². The second kappa shape index (κ2) is 19.2. The fourth-order valence-electron chi connectivity index (χ4n) is 1.81. The van der Waals surface area contributed by atoms with Crippen molar-refractivity contribution < 1.29 is 14.9 Å². The predicted octanol–water partition coefficient (Wildman–Crippen LogP) is 3.87. The predicted molar refractivity (Wildman–Crippen MR) is 77.6 cm³/mol. The zero-order valence-electron chi connectivity index (χ0n) is 12.7. The van der Waals surface area contributed by atoms with Crippen molar-refractivity contribution >= 4 is 0 Å². The molecule has 0 aromatic carbocycles. The molecular weight excluding hydrogens is 228 g/mol. The molecule has 0 bridgehead atoms. The van der Waals surface area contributed by atoms with E-state index in [9.17, 15) is 0 Å². The number of unbranched alkanes of at least 4 members (excludes halogenated alkanes) is 9. The normalized spacial score (nSPS) is 10.3. The first-order chi connectivity index (χ1) is 8.68. The van der Waals surface area contributed by atoms with E-state index in [0.717, 1.165) is 12.8 Å². The second-order valence-electron chi connectivity index (χ2n) is 4.86. The Hall–Kier alpha value is -0.120. The molecular formula is C15H34O3. The lowest BCUT2D eigenvalue weighted by Gasteiger charge is -2.03. The first kappa shape index (κ1) is 20.2. The van der Waals surface area contributed by atoms with Crippen LogP contribution in [0.15, 0.2) is 0 Å². The van der Waals surface area contributed by atoms with Crippen LogP contribution >= 0.6 is 0 Å². The summed E-state index contributed by atoms with van der Waals surface area (Å²) in [6, 6.07) is 0. The van der Waals surface area contributed by atoms with Gasteiger partial charge < -0.3 is 14.9 Å². The highest BCUT2D eigenvalue weighted by atomic mass is 16.5. The number of hydrogen-bond acceptors (Lipinski definition) is 3. The lowest BCUT2D eigenvalue weighted by atomic mass is 10.1. The molecule has 0 aliphatic rings. The van der Waals surface area contributed by atoms with Gasteiger partial charge in [-0.25, -0.2) is 0 Å². The largest absolute Gasteiger partial charge is 0.388 e. The van der Waals surface area contributed by atoms with Gasteiger partial charge in [-0.3, -0.25) is 0 Å². The number of hydrogen-bond donors (Lipinski definition) is 2. The maximum Gasteiger partial charge on any atom is 0.151 e. The van der Waals surface area contributed by atoms with Crippen molar-refractivity contribution in [1.29, 1.82) is 0 Å². The SMILES string of the molecule is CCCCCCCCCCCCC(O)O.COC. The van der Waals surface area contributed by atoms with Crippen LogP contribution < -0.4 is 0 Å². The van der Waals surface area contributed by atoms with Crippen LogP contribution in [-0.4, -0.2) is 30.7 Å². The lowest BCUT2D eigenvalue weighted by Crippen LogP contribution is -2.02. The molecule has 0 fully saturated rings. The summed E-state index contributed by atoms with van der Waals surface area (Å²) in [5, 5.41) is 17.3. The lowest BCUT2D eigenvalue weighted by molar-refractivity contribution is -0.0466. The molecule has 0 unspecified atom stereocenters. The maximum absolute atomic E-state index is 8.63. The molecule has 2 N–H and O–H groups in total. The van der Waals surface area contributed by atoms with Crippen LogP contribution in [0.4, 0.5) is 0 Å². The molecule has 18 heavy (non-hydrogen) atoms. The van der Waals surface area contributed by atoms with E-state index in [1.807, 2.05) is 0 Å². The van der Waals surface area contributed by atoms with Crippen molar-refractivity contribution in [3.63, 3.8) is 0 Å². The number of ether oxygens (including phenoxy) is 1. The van der Waals surface area contributed by atoms with Crippen molar-refractivity contribution in [1.82, 2.24) is 0 Å². The van der Waals surface area contributed by atoms with Crippen LogP contribution in [0.1, 0.15) is 77.6 Å². The zero-order valence-corrected chi connectivity index (χ0v) is 12.7. The molecule has 0 amide bonds. The average Bonchev–Trinajstić information content (AvgIpc) is 2.32. The van der Waals surface area contributed by atoms with Crippen LogP contribution in [0, 0.1) is 0 Å². The molecule has 0 spiro atoms. The van der Waals surface area contributed by atoms with E-state index in [1.54, 1.807) is 14.2 Å². The summed E-state index contributed by atoms with van der Waals surface area (Å²) < 4.78 is 4.25. The highest BCUT2D eigenvalue weighted by Crippen LogP contribution is 2.11. The number of methoxy groups -OCH3 is 1. The Bertz CT molecular complexity index is 127. The third-order valence-corrected chi connectivity index (χ3v) is 2.82. The van der Waals surface area contributed by atoms with Gasteiger partial charge in [0.05, 0.1) is 0 Å². The van der Waals surface area contributed by atoms with Gasteiger partial charge in [-0.15, -0.1) is 0 Å². The molecule has 0 heterocycles. The van der Waals surface area contributed by atoms with Gasteiger partial charge in [-0.05, 0) is 12.8 Å². The van der Waals surface area contributed by atoms with Gasteiger partial charge in [0.2, 0.25) is 0 Å². The number of rotatable bonds is 11. The van der Waals surface area contributed by atoms with Crippen molar-refractivity contribution in [2.24, 2.45) is 0 Å². The molecule has 3 nitrogen and oxygen atoms in total. The Kier molecular flexibility index (Phi) is 21.6. The average molecular weight is 262 g/mol. The monoisotopic (exact) mass is 262 g/mol. The summed E-state index contributed by atoms with van der Waals surface area (Å²) in [4.78, 5) is 0. The second-order valence-corrected chi connectivity index (χ2v) is 4.86. The van der Waals surface area contributed by atoms with Gasteiger partial charge >= 0.3 is 0 Å². The van der Waals surface area contributed by atoms with E-state index < -0.39 is 6.29 Å². The Balaban J connectivity index is 0. The van der Waals surface area contributed by atoms with Crippen LogP contribution in [0.25, 0.3) is 0 Å². The van der Waals surface area contributed by atoms with E-state index in [0.29, 0.717) is 6.42 Å². The van der Waals surface area contributed by atoms with Gasteiger partial charge in [0, 0.05) is 14.2 Å². The van der Waals surface area contributed by atoms with Crippen molar-refractivity contribution in [2.75, 3.05) is 14.2 Å². The van der Waals surface area contributed by atoms with E-state index in [1.165, 1.54) is 51.4 Å². The highest BCUT2D eigenvalue weighted by Gasteiger charge is 1.96.